The molecule has 0 atom stereocenters. The van der Waals surface area contributed by atoms with Crippen molar-refractivity contribution in [3.05, 3.63) is 42.5 Å². The van der Waals surface area contributed by atoms with Gasteiger partial charge < -0.3 is 18.6 Å². The number of benzene rings is 2. The quantitative estimate of drug-likeness (QED) is 0.554. The zero-order valence-electron chi connectivity index (χ0n) is 13.7. The summed E-state index contributed by atoms with van der Waals surface area (Å²) in [5.74, 6) is 0.180. The Morgan fingerprint density at radius 3 is 1.96 bits per heavy atom. The fourth-order valence-corrected chi connectivity index (χ4v) is 2.23. The van der Waals surface area contributed by atoms with Crippen LogP contribution in [0.4, 0.5) is 17.6 Å². The molecule has 0 N–H and O–H groups in total. The van der Waals surface area contributed by atoms with Gasteiger partial charge in [-0.15, -0.1) is 10.2 Å². The van der Waals surface area contributed by atoms with E-state index in [1.165, 1.54) is 49.6 Å². The fraction of sp³-hybridized carbons (Fsp3) is 0.176. The molecule has 1 aromatic heterocycles. The maximum Gasteiger partial charge on any atom is 0.387 e. The van der Waals surface area contributed by atoms with Crippen LogP contribution < -0.4 is 14.2 Å². The number of hydrogen-bond acceptors (Lipinski definition) is 6. The Labute approximate surface area is 150 Å². The van der Waals surface area contributed by atoms with Crippen LogP contribution in [0.5, 0.6) is 17.2 Å². The molecule has 1 heterocycles. The molecule has 0 spiro atoms. The summed E-state index contributed by atoms with van der Waals surface area (Å²) in [7, 11) is 1.31. The lowest BCUT2D eigenvalue weighted by Crippen LogP contribution is -2.03. The van der Waals surface area contributed by atoms with Crippen molar-refractivity contribution in [2.45, 2.75) is 13.2 Å². The Hall–Kier alpha value is -3.30. The van der Waals surface area contributed by atoms with Gasteiger partial charge >= 0.3 is 13.2 Å². The molecule has 0 saturated heterocycles. The molecule has 0 saturated carbocycles. The van der Waals surface area contributed by atoms with Crippen molar-refractivity contribution in [1.82, 2.24) is 10.2 Å². The van der Waals surface area contributed by atoms with Crippen molar-refractivity contribution in [3.8, 4) is 40.2 Å². The van der Waals surface area contributed by atoms with Crippen LogP contribution in [0.25, 0.3) is 22.9 Å². The van der Waals surface area contributed by atoms with Crippen molar-refractivity contribution < 1.29 is 36.2 Å². The molecule has 6 nitrogen and oxygen atoms in total. The molecule has 0 unspecified atom stereocenters. The molecule has 0 aliphatic heterocycles. The van der Waals surface area contributed by atoms with Crippen LogP contribution in [0.1, 0.15) is 0 Å². The van der Waals surface area contributed by atoms with Crippen LogP contribution in [-0.4, -0.2) is 30.5 Å². The smallest absolute Gasteiger partial charge is 0.387 e. The minimum absolute atomic E-state index is 0.00663. The number of nitrogens with zero attached hydrogens (tertiary/aromatic N) is 2. The molecular weight excluding hydrogens is 372 g/mol. The third kappa shape index (κ3) is 4.46. The van der Waals surface area contributed by atoms with Gasteiger partial charge in [-0.2, -0.15) is 17.6 Å². The van der Waals surface area contributed by atoms with Gasteiger partial charge in [0.25, 0.3) is 0 Å². The van der Waals surface area contributed by atoms with Gasteiger partial charge in [0.15, 0.2) is 11.5 Å². The summed E-state index contributed by atoms with van der Waals surface area (Å²) < 4.78 is 68.3. The SMILES string of the molecule is COc1cc(-c2nnc(-c3ccc(OC(F)F)cc3)o2)ccc1OC(F)F. The third-order valence-corrected chi connectivity index (χ3v) is 3.38. The molecule has 0 amide bonds. The first-order valence-electron chi connectivity index (χ1n) is 7.48. The molecular formula is C17H12F4N2O4. The Morgan fingerprint density at radius 1 is 0.778 bits per heavy atom. The fourth-order valence-electron chi connectivity index (χ4n) is 2.23. The number of methoxy groups -OCH3 is 1. The predicted molar refractivity (Wildman–Crippen MR) is 85.0 cm³/mol. The molecule has 0 fully saturated rings. The second-order valence-corrected chi connectivity index (χ2v) is 5.06. The summed E-state index contributed by atoms with van der Waals surface area (Å²) in [6.07, 6.45) is 0. The molecule has 3 rings (SSSR count). The van der Waals surface area contributed by atoms with E-state index in [-0.39, 0.29) is 29.0 Å². The van der Waals surface area contributed by atoms with Gasteiger partial charge in [0, 0.05) is 11.1 Å². The van der Waals surface area contributed by atoms with Gasteiger partial charge in [0.05, 0.1) is 7.11 Å². The van der Waals surface area contributed by atoms with Crippen LogP contribution in [0.3, 0.4) is 0 Å². The molecule has 2 aromatic carbocycles. The summed E-state index contributed by atoms with van der Waals surface area (Å²) in [4.78, 5) is 0. The predicted octanol–water partition coefficient (Wildman–Crippen LogP) is 4.62. The normalized spacial score (nSPS) is 11.1. The van der Waals surface area contributed by atoms with E-state index < -0.39 is 13.2 Å². The number of halogens is 4. The standard InChI is InChI=1S/C17H12F4N2O4/c1-24-13-8-10(4-7-12(13)26-17(20)21)15-23-22-14(27-15)9-2-5-11(6-3-9)25-16(18)19/h2-8,16-17H,1H3. The summed E-state index contributed by atoms with van der Waals surface area (Å²) in [5, 5.41) is 7.77. The highest BCUT2D eigenvalue weighted by Gasteiger charge is 2.16. The lowest BCUT2D eigenvalue weighted by Gasteiger charge is -2.10. The van der Waals surface area contributed by atoms with Crippen molar-refractivity contribution in [2.24, 2.45) is 0 Å². The van der Waals surface area contributed by atoms with Crippen molar-refractivity contribution in [1.29, 1.82) is 0 Å². The largest absolute Gasteiger partial charge is 0.493 e. The average molecular weight is 384 g/mol. The van der Waals surface area contributed by atoms with Crippen molar-refractivity contribution >= 4 is 0 Å². The first-order chi connectivity index (χ1) is 13.0. The topological polar surface area (TPSA) is 66.6 Å². The second kappa shape index (κ2) is 7.94. The third-order valence-electron chi connectivity index (χ3n) is 3.38. The van der Waals surface area contributed by atoms with Crippen molar-refractivity contribution in [2.75, 3.05) is 7.11 Å². The zero-order chi connectivity index (χ0) is 19.4. The van der Waals surface area contributed by atoms with Gasteiger partial charge in [-0.05, 0) is 42.5 Å². The van der Waals surface area contributed by atoms with Gasteiger partial charge in [-0.1, -0.05) is 0 Å². The van der Waals surface area contributed by atoms with E-state index in [1.54, 1.807) is 0 Å². The van der Waals surface area contributed by atoms with E-state index in [0.29, 0.717) is 11.1 Å². The number of aromatic nitrogens is 2. The molecule has 0 aliphatic carbocycles. The molecule has 27 heavy (non-hydrogen) atoms. The number of rotatable bonds is 7. The summed E-state index contributed by atoms with van der Waals surface area (Å²) in [6.45, 7) is -5.91. The lowest BCUT2D eigenvalue weighted by molar-refractivity contribution is -0.0514. The molecule has 0 bridgehead atoms. The van der Waals surface area contributed by atoms with Gasteiger partial charge in [-0.25, -0.2) is 0 Å². The van der Waals surface area contributed by atoms with Gasteiger partial charge in [-0.3, -0.25) is 0 Å². The summed E-state index contributed by atoms with van der Waals surface area (Å²) >= 11 is 0. The van der Waals surface area contributed by atoms with Crippen molar-refractivity contribution in [3.63, 3.8) is 0 Å². The highest BCUT2D eigenvalue weighted by Crippen LogP contribution is 2.34. The number of alkyl halides is 4. The van der Waals surface area contributed by atoms with E-state index in [0.717, 1.165) is 0 Å². The zero-order valence-corrected chi connectivity index (χ0v) is 13.7. The van der Waals surface area contributed by atoms with Crippen LogP contribution in [0.2, 0.25) is 0 Å². The van der Waals surface area contributed by atoms with Crippen LogP contribution in [0, 0.1) is 0 Å². The average Bonchev–Trinajstić information content (AvgIpc) is 3.12. The number of hydrogen-bond donors (Lipinski definition) is 0. The molecule has 3 aromatic rings. The first kappa shape index (κ1) is 18.5. The first-order valence-corrected chi connectivity index (χ1v) is 7.48. The van der Waals surface area contributed by atoms with Gasteiger partial charge in [0.2, 0.25) is 11.8 Å². The van der Waals surface area contributed by atoms with Crippen LogP contribution in [-0.2, 0) is 0 Å². The Bertz CT molecular complexity index is 900. The van der Waals surface area contributed by atoms with E-state index in [1.807, 2.05) is 0 Å². The molecule has 0 aliphatic rings. The van der Waals surface area contributed by atoms with E-state index in [4.69, 9.17) is 9.15 Å². The van der Waals surface area contributed by atoms with Gasteiger partial charge in [0.1, 0.15) is 5.75 Å². The van der Waals surface area contributed by atoms with E-state index in [2.05, 4.69) is 19.7 Å². The second-order valence-electron chi connectivity index (χ2n) is 5.06. The highest BCUT2D eigenvalue weighted by atomic mass is 19.3. The highest BCUT2D eigenvalue weighted by molar-refractivity contribution is 5.62. The summed E-state index contributed by atoms with van der Waals surface area (Å²) in [6, 6.07) is 9.80. The molecule has 0 radical (unpaired) electrons. The monoisotopic (exact) mass is 384 g/mol. The minimum Gasteiger partial charge on any atom is -0.493 e. The Balaban J connectivity index is 1.83. The lowest BCUT2D eigenvalue weighted by atomic mass is 10.2. The van der Waals surface area contributed by atoms with E-state index >= 15 is 0 Å². The molecule has 142 valence electrons. The van der Waals surface area contributed by atoms with Crippen LogP contribution in [0.15, 0.2) is 46.9 Å². The Kier molecular flexibility index (Phi) is 5.43. The molecule has 10 heteroatoms. The Morgan fingerprint density at radius 2 is 1.37 bits per heavy atom. The number of ether oxygens (including phenoxy) is 3. The summed E-state index contributed by atoms with van der Waals surface area (Å²) in [5.41, 5.74) is 0.907. The van der Waals surface area contributed by atoms with E-state index in [9.17, 15) is 17.6 Å². The van der Waals surface area contributed by atoms with Crippen LogP contribution >= 0.6 is 0 Å². The maximum absolute atomic E-state index is 12.4. The maximum atomic E-state index is 12.4. The minimum atomic E-state index is -2.99.